The van der Waals surface area contributed by atoms with Gasteiger partial charge in [-0.05, 0) is 68.2 Å². The Hall–Kier alpha value is -5.11. The molecule has 2 aromatic heterocycles. The lowest BCUT2D eigenvalue weighted by molar-refractivity contribution is -0.135. The van der Waals surface area contributed by atoms with Gasteiger partial charge in [-0.15, -0.1) is 0 Å². The summed E-state index contributed by atoms with van der Waals surface area (Å²) >= 11 is 0. The fourth-order valence-electron chi connectivity index (χ4n) is 6.12. The second kappa shape index (κ2) is 17.3. The van der Waals surface area contributed by atoms with Crippen LogP contribution in [0.25, 0.3) is 0 Å². The fraction of sp³-hybridized carbons (Fsp3) is 0.472. The van der Waals surface area contributed by atoms with Crippen LogP contribution >= 0.6 is 0 Å². The minimum atomic E-state index is -0.761. The number of rotatable bonds is 11. The van der Waals surface area contributed by atoms with Gasteiger partial charge >= 0.3 is 6.09 Å². The first-order valence-corrected chi connectivity index (χ1v) is 16.6. The van der Waals surface area contributed by atoms with E-state index >= 15 is 0 Å². The molecular formula is C36H43N7O6. The van der Waals surface area contributed by atoms with Crippen LogP contribution in [0.4, 0.5) is 4.79 Å². The number of nitrogens with one attached hydrogen (secondary N) is 3. The van der Waals surface area contributed by atoms with Gasteiger partial charge in [0.15, 0.2) is 0 Å². The SMILES string of the molecule is COCCCC(=O)N1CCC[C@H]1c1ncc(C#Cc2ccc(C#Cc3cnc([C@@H]4CCCN4C(=O)[C@H](CCOC)NC(=O)OC)[nH]3)cc2)[nH]1. The van der Waals surface area contributed by atoms with E-state index in [1.54, 1.807) is 31.5 Å². The summed E-state index contributed by atoms with van der Waals surface area (Å²) < 4.78 is 14.9. The summed E-state index contributed by atoms with van der Waals surface area (Å²) in [5, 5.41) is 2.62. The summed E-state index contributed by atoms with van der Waals surface area (Å²) in [4.78, 5) is 57.2. The molecule has 5 rings (SSSR count). The van der Waals surface area contributed by atoms with Crippen LogP contribution in [-0.2, 0) is 23.8 Å². The monoisotopic (exact) mass is 669 g/mol. The molecule has 49 heavy (non-hydrogen) atoms. The number of aromatic amines is 2. The number of ether oxygens (including phenoxy) is 3. The first-order chi connectivity index (χ1) is 23.9. The molecule has 0 spiro atoms. The Bertz CT molecular complexity index is 1710. The van der Waals surface area contributed by atoms with Gasteiger partial charge in [-0.3, -0.25) is 9.59 Å². The molecule has 0 bridgehead atoms. The zero-order valence-electron chi connectivity index (χ0n) is 28.2. The predicted molar refractivity (Wildman–Crippen MR) is 180 cm³/mol. The Labute approximate surface area is 286 Å². The number of methoxy groups -OCH3 is 3. The first kappa shape index (κ1) is 35.2. The highest BCUT2D eigenvalue weighted by Crippen LogP contribution is 2.32. The summed E-state index contributed by atoms with van der Waals surface area (Å²) in [6.45, 7) is 2.19. The molecule has 13 heteroatoms. The fourth-order valence-corrected chi connectivity index (χ4v) is 6.12. The van der Waals surface area contributed by atoms with Crippen LogP contribution < -0.4 is 5.32 Å². The molecule has 13 nitrogen and oxygen atoms in total. The van der Waals surface area contributed by atoms with Crippen molar-refractivity contribution in [2.24, 2.45) is 0 Å². The molecular weight excluding hydrogens is 626 g/mol. The normalized spacial score (nSPS) is 17.5. The molecule has 2 fully saturated rings. The molecule has 3 amide bonds. The predicted octanol–water partition coefficient (Wildman–Crippen LogP) is 3.45. The van der Waals surface area contributed by atoms with Crippen LogP contribution in [0.15, 0.2) is 36.7 Å². The summed E-state index contributed by atoms with van der Waals surface area (Å²) in [6, 6.07) is 6.57. The minimum Gasteiger partial charge on any atom is -0.453 e. The van der Waals surface area contributed by atoms with Crippen LogP contribution in [0.5, 0.6) is 0 Å². The van der Waals surface area contributed by atoms with Crippen molar-refractivity contribution < 1.29 is 28.6 Å². The quantitative estimate of drug-likeness (QED) is 0.207. The number of likely N-dealkylation sites (tertiary alicyclic amines) is 2. The van der Waals surface area contributed by atoms with E-state index in [0.29, 0.717) is 56.2 Å². The molecule has 2 saturated heterocycles. The number of imidazole rings is 2. The summed E-state index contributed by atoms with van der Waals surface area (Å²) in [5.41, 5.74) is 2.97. The lowest BCUT2D eigenvalue weighted by Gasteiger charge is -2.28. The maximum atomic E-state index is 13.4. The number of aromatic nitrogens is 4. The third-order valence-corrected chi connectivity index (χ3v) is 8.62. The molecule has 0 unspecified atom stereocenters. The van der Waals surface area contributed by atoms with Crippen LogP contribution in [-0.4, -0.2) is 101 Å². The van der Waals surface area contributed by atoms with E-state index in [1.165, 1.54) is 7.11 Å². The average Bonchev–Trinajstić information content (AvgIpc) is 3.95. The van der Waals surface area contributed by atoms with Gasteiger partial charge in [-0.1, -0.05) is 11.8 Å². The molecule has 0 saturated carbocycles. The van der Waals surface area contributed by atoms with E-state index in [9.17, 15) is 14.4 Å². The van der Waals surface area contributed by atoms with E-state index in [4.69, 9.17) is 14.2 Å². The molecule has 2 aliphatic heterocycles. The molecule has 0 radical (unpaired) electrons. The summed E-state index contributed by atoms with van der Waals surface area (Å²) in [7, 11) is 4.46. The van der Waals surface area contributed by atoms with E-state index in [1.807, 2.05) is 29.2 Å². The maximum absolute atomic E-state index is 13.4. The summed E-state index contributed by atoms with van der Waals surface area (Å²) in [5.74, 6) is 13.9. The van der Waals surface area contributed by atoms with Gasteiger partial charge in [-0.2, -0.15) is 0 Å². The van der Waals surface area contributed by atoms with Crippen molar-refractivity contribution in [2.45, 2.75) is 63.1 Å². The molecule has 3 N–H and O–H groups in total. The number of benzene rings is 1. The van der Waals surface area contributed by atoms with Crippen molar-refractivity contribution in [3.63, 3.8) is 0 Å². The number of alkyl carbamates (subject to hydrolysis) is 1. The average molecular weight is 670 g/mol. The van der Waals surface area contributed by atoms with Gasteiger partial charge in [0.25, 0.3) is 0 Å². The number of carbonyl (C=O) groups is 3. The van der Waals surface area contributed by atoms with Gasteiger partial charge in [0.05, 0.1) is 31.6 Å². The zero-order chi connectivity index (χ0) is 34.6. The van der Waals surface area contributed by atoms with E-state index < -0.39 is 12.1 Å². The molecule has 4 heterocycles. The number of nitrogens with zero attached hydrogens (tertiary/aromatic N) is 4. The van der Waals surface area contributed by atoms with Crippen molar-refractivity contribution in [1.82, 2.24) is 35.1 Å². The van der Waals surface area contributed by atoms with E-state index in [2.05, 4.69) is 48.9 Å². The first-order valence-electron chi connectivity index (χ1n) is 16.6. The van der Waals surface area contributed by atoms with Crippen LogP contribution in [0.2, 0.25) is 0 Å². The van der Waals surface area contributed by atoms with E-state index in [0.717, 1.165) is 49.2 Å². The molecule has 1 aromatic carbocycles. The number of hydrogen-bond donors (Lipinski definition) is 3. The number of carbonyl (C=O) groups excluding carboxylic acids is 3. The van der Waals surface area contributed by atoms with Crippen LogP contribution in [0.1, 0.15) is 91.2 Å². The lowest BCUT2D eigenvalue weighted by Crippen LogP contribution is -2.49. The van der Waals surface area contributed by atoms with Crippen molar-refractivity contribution in [3.8, 4) is 23.7 Å². The lowest BCUT2D eigenvalue weighted by atomic mass is 10.1. The Morgan fingerprint density at radius 2 is 1.39 bits per heavy atom. The second-order valence-electron chi connectivity index (χ2n) is 11.9. The highest BCUT2D eigenvalue weighted by Gasteiger charge is 2.36. The second-order valence-corrected chi connectivity index (χ2v) is 11.9. The van der Waals surface area contributed by atoms with E-state index in [-0.39, 0.29) is 23.9 Å². The molecule has 3 aromatic rings. The van der Waals surface area contributed by atoms with Crippen molar-refractivity contribution in [2.75, 3.05) is 47.6 Å². The molecule has 258 valence electrons. The van der Waals surface area contributed by atoms with Gasteiger partial charge in [0, 0.05) is 64.5 Å². The number of hydrogen-bond acceptors (Lipinski definition) is 8. The van der Waals surface area contributed by atoms with Gasteiger partial charge in [-0.25, -0.2) is 14.8 Å². The highest BCUT2D eigenvalue weighted by atomic mass is 16.5. The zero-order valence-corrected chi connectivity index (χ0v) is 28.2. The molecule has 3 atom stereocenters. The van der Waals surface area contributed by atoms with Crippen molar-refractivity contribution >= 4 is 17.9 Å². The van der Waals surface area contributed by atoms with Gasteiger partial charge in [0.1, 0.15) is 29.1 Å². The Morgan fingerprint density at radius 3 is 1.94 bits per heavy atom. The molecule has 2 aliphatic rings. The van der Waals surface area contributed by atoms with Crippen LogP contribution in [0, 0.1) is 23.7 Å². The third-order valence-electron chi connectivity index (χ3n) is 8.62. The highest BCUT2D eigenvalue weighted by molar-refractivity contribution is 5.86. The Kier molecular flexibility index (Phi) is 12.5. The van der Waals surface area contributed by atoms with Crippen LogP contribution in [0.3, 0.4) is 0 Å². The molecule has 0 aliphatic carbocycles. The summed E-state index contributed by atoms with van der Waals surface area (Å²) in [6.07, 6.45) is 7.62. The number of H-pyrrole nitrogens is 2. The number of amides is 3. The third kappa shape index (κ3) is 9.28. The Morgan fingerprint density at radius 1 is 0.837 bits per heavy atom. The van der Waals surface area contributed by atoms with Crippen molar-refractivity contribution in [3.05, 3.63) is 70.8 Å². The van der Waals surface area contributed by atoms with Gasteiger partial charge < -0.3 is 39.3 Å². The minimum absolute atomic E-state index is 0.0530. The standard InChI is InChI=1S/C36H43N7O6/c1-47-21-6-9-32(44)42-19-4-7-30(42)33-37-23-27(39-33)16-14-25-10-12-26(13-11-25)15-17-28-24-38-34(40-28)31-8-5-20-43(31)35(45)29(18-22-48-2)41-36(46)49-3/h10-13,23-24,29-31H,4-9,18-22H2,1-3H3,(H,37,39)(H,38,40)(H,41,46)/t29-,30-,31-/m0/s1. The Balaban J connectivity index is 1.18. The van der Waals surface area contributed by atoms with Gasteiger partial charge in [0.2, 0.25) is 11.8 Å². The largest absolute Gasteiger partial charge is 0.453 e. The van der Waals surface area contributed by atoms with Crippen molar-refractivity contribution in [1.29, 1.82) is 0 Å². The smallest absolute Gasteiger partial charge is 0.407 e. The topological polar surface area (TPSA) is 155 Å². The maximum Gasteiger partial charge on any atom is 0.407 e.